The molecule has 4 rings (SSSR count). The lowest BCUT2D eigenvalue weighted by Crippen LogP contribution is -2.31. The van der Waals surface area contributed by atoms with Crippen molar-refractivity contribution < 1.29 is 14.3 Å². The Bertz CT molecular complexity index is 1260. The molecule has 0 bridgehead atoms. The minimum Gasteiger partial charge on any atom is -0.493 e. The van der Waals surface area contributed by atoms with E-state index in [1.165, 1.54) is 22.9 Å². The zero-order valence-electron chi connectivity index (χ0n) is 19.8. The van der Waals surface area contributed by atoms with E-state index in [1.807, 2.05) is 30.3 Å². The van der Waals surface area contributed by atoms with Crippen LogP contribution in [0.3, 0.4) is 0 Å². The lowest BCUT2D eigenvalue weighted by Gasteiger charge is -2.25. The number of ether oxygens (including phenoxy) is 2. The van der Waals surface area contributed by atoms with Crippen LogP contribution in [-0.4, -0.2) is 29.6 Å². The average molecular weight is 480 g/mol. The van der Waals surface area contributed by atoms with Gasteiger partial charge in [0.2, 0.25) is 5.91 Å². The number of hydrogen-bond donors (Lipinski definition) is 2. The highest BCUT2D eigenvalue weighted by Crippen LogP contribution is 2.38. The fourth-order valence-corrected chi connectivity index (χ4v) is 4.84. The topological polar surface area (TPSA) is 93.3 Å². The Morgan fingerprint density at radius 3 is 2.68 bits per heavy atom. The molecule has 2 aromatic carbocycles. The molecule has 1 unspecified atom stereocenters. The van der Waals surface area contributed by atoms with E-state index in [0.29, 0.717) is 46.3 Å². The number of H-pyrrole nitrogens is 1. The summed E-state index contributed by atoms with van der Waals surface area (Å²) in [7, 11) is 1.58. The number of thioether (sulfide) groups is 1. The molecular weight excluding hydrogens is 450 g/mol. The number of carbonyl (C=O) groups is 1. The van der Waals surface area contributed by atoms with Crippen LogP contribution in [0.5, 0.6) is 11.5 Å². The number of benzene rings is 2. The number of aryl methyl sites for hydroxylation is 1. The van der Waals surface area contributed by atoms with Crippen LogP contribution in [0.4, 0.5) is 5.82 Å². The van der Waals surface area contributed by atoms with E-state index in [4.69, 9.17) is 9.47 Å². The first-order chi connectivity index (χ1) is 16.4. The van der Waals surface area contributed by atoms with Crippen molar-refractivity contribution >= 4 is 23.5 Å². The Labute approximate surface area is 203 Å². The van der Waals surface area contributed by atoms with Gasteiger partial charge in [-0.15, -0.1) is 0 Å². The first kappa shape index (κ1) is 23.9. The number of hydrogen-bond acceptors (Lipinski definition) is 6. The molecular formula is C26H29N3O4S. The van der Waals surface area contributed by atoms with E-state index in [1.54, 1.807) is 7.11 Å². The van der Waals surface area contributed by atoms with Crippen LogP contribution in [0, 0.1) is 12.8 Å². The van der Waals surface area contributed by atoms with Crippen molar-refractivity contribution in [3.63, 3.8) is 0 Å². The molecule has 178 valence electrons. The maximum absolute atomic E-state index is 13.1. The summed E-state index contributed by atoms with van der Waals surface area (Å²) in [6, 6.07) is 13.6. The summed E-state index contributed by atoms with van der Waals surface area (Å²) in [6.07, 6.45) is 0.156. The molecule has 2 N–H and O–H groups in total. The van der Waals surface area contributed by atoms with Crippen LogP contribution >= 0.6 is 11.8 Å². The van der Waals surface area contributed by atoms with Crippen LogP contribution in [0.25, 0.3) is 0 Å². The van der Waals surface area contributed by atoms with Gasteiger partial charge in [0.05, 0.1) is 19.3 Å². The van der Waals surface area contributed by atoms with Gasteiger partial charge in [-0.05, 0) is 41.7 Å². The summed E-state index contributed by atoms with van der Waals surface area (Å²) < 4.78 is 11.4. The van der Waals surface area contributed by atoms with Crippen molar-refractivity contribution in [1.29, 1.82) is 0 Å². The summed E-state index contributed by atoms with van der Waals surface area (Å²) >= 11 is 1.43. The van der Waals surface area contributed by atoms with E-state index >= 15 is 0 Å². The Kier molecular flexibility index (Phi) is 7.26. The third kappa shape index (κ3) is 5.28. The first-order valence-electron chi connectivity index (χ1n) is 11.3. The molecule has 0 saturated carbocycles. The normalized spacial score (nSPS) is 15.1. The number of nitrogens with zero attached hydrogens (tertiary/aromatic N) is 1. The highest BCUT2D eigenvalue weighted by Gasteiger charge is 2.31. The molecule has 0 saturated heterocycles. The molecule has 0 radical (unpaired) electrons. The van der Waals surface area contributed by atoms with Gasteiger partial charge in [-0.1, -0.05) is 55.9 Å². The number of carbonyl (C=O) groups excluding carboxylic acids is 1. The largest absolute Gasteiger partial charge is 0.493 e. The van der Waals surface area contributed by atoms with Gasteiger partial charge in [0.25, 0.3) is 5.56 Å². The van der Waals surface area contributed by atoms with Gasteiger partial charge in [0.1, 0.15) is 5.82 Å². The standard InChI is InChI=1S/C26H29N3O4S/c1-15(2)13-33-20-10-9-17(11-21(20)32-4)19-12-22(30)27-24-23(19)25(31)29-26(28-24)34-14-18-8-6-5-7-16(18)3/h5-11,15,19H,12-14H2,1-4H3,(H2,27,28,29,30,31). The average Bonchev–Trinajstić information content (AvgIpc) is 2.81. The zero-order chi connectivity index (χ0) is 24.2. The Hall–Kier alpha value is -3.26. The second-order valence-electron chi connectivity index (χ2n) is 8.77. The lowest BCUT2D eigenvalue weighted by atomic mass is 9.86. The SMILES string of the molecule is COc1cc(C2CC(=O)Nc3nc(SCc4ccccc4C)[nH]c(=O)c32)ccc1OCC(C)C. The molecule has 0 fully saturated rings. The number of aromatic nitrogens is 2. The summed E-state index contributed by atoms with van der Waals surface area (Å²) in [6.45, 7) is 6.77. The molecule has 8 heteroatoms. The number of amides is 1. The van der Waals surface area contributed by atoms with Gasteiger partial charge in [-0.3, -0.25) is 9.59 Å². The Balaban J connectivity index is 1.63. The smallest absolute Gasteiger partial charge is 0.257 e. The Morgan fingerprint density at radius 2 is 1.94 bits per heavy atom. The molecule has 34 heavy (non-hydrogen) atoms. The van der Waals surface area contributed by atoms with Crippen molar-refractivity contribution in [1.82, 2.24) is 9.97 Å². The molecule has 2 heterocycles. The molecule has 0 aliphatic carbocycles. The van der Waals surface area contributed by atoms with Crippen molar-refractivity contribution in [2.24, 2.45) is 5.92 Å². The number of anilines is 1. The number of nitrogens with one attached hydrogen (secondary N) is 2. The number of fused-ring (bicyclic) bond motifs is 1. The van der Waals surface area contributed by atoms with Gasteiger partial charge in [-0.25, -0.2) is 4.98 Å². The monoisotopic (exact) mass is 479 g/mol. The molecule has 1 aliphatic rings. The molecule has 1 amide bonds. The van der Waals surface area contributed by atoms with Gasteiger partial charge < -0.3 is 19.8 Å². The summed E-state index contributed by atoms with van der Waals surface area (Å²) in [5.74, 6) is 1.96. The van der Waals surface area contributed by atoms with Gasteiger partial charge in [-0.2, -0.15) is 0 Å². The zero-order valence-corrected chi connectivity index (χ0v) is 20.6. The van der Waals surface area contributed by atoms with Crippen LogP contribution in [-0.2, 0) is 10.5 Å². The first-order valence-corrected chi connectivity index (χ1v) is 12.3. The fourth-order valence-electron chi connectivity index (χ4n) is 3.90. The van der Waals surface area contributed by atoms with Crippen molar-refractivity contribution in [3.05, 3.63) is 75.1 Å². The van der Waals surface area contributed by atoms with Gasteiger partial charge in [0.15, 0.2) is 16.7 Å². The van der Waals surface area contributed by atoms with Crippen LogP contribution in [0.1, 0.15) is 48.4 Å². The Morgan fingerprint density at radius 1 is 1.15 bits per heavy atom. The van der Waals surface area contributed by atoms with Gasteiger partial charge in [0, 0.05) is 18.1 Å². The predicted molar refractivity (Wildman–Crippen MR) is 134 cm³/mol. The maximum Gasteiger partial charge on any atom is 0.257 e. The minimum absolute atomic E-state index is 0.156. The number of methoxy groups -OCH3 is 1. The number of rotatable bonds is 8. The molecule has 0 spiro atoms. The van der Waals surface area contributed by atoms with E-state index < -0.39 is 5.92 Å². The van der Waals surface area contributed by atoms with E-state index in [9.17, 15) is 9.59 Å². The van der Waals surface area contributed by atoms with Gasteiger partial charge >= 0.3 is 0 Å². The predicted octanol–water partition coefficient (Wildman–Crippen LogP) is 4.89. The fraction of sp³-hybridized carbons (Fsp3) is 0.346. The molecule has 1 atom stereocenters. The second-order valence-corrected chi connectivity index (χ2v) is 9.73. The lowest BCUT2D eigenvalue weighted by molar-refractivity contribution is -0.116. The number of aromatic amines is 1. The summed E-state index contributed by atoms with van der Waals surface area (Å²) in [4.78, 5) is 33.1. The quantitative estimate of drug-likeness (QED) is 0.353. The van der Waals surface area contributed by atoms with Crippen molar-refractivity contribution in [2.75, 3.05) is 19.0 Å². The highest BCUT2D eigenvalue weighted by molar-refractivity contribution is 7.98. The maximum atomic E-state index is 13.1. The summed E-state index contributed by atoms with van der Waals surface area (Å²) in [5.41, 5.74) is 3.36. The van der Waals surface area contributed by atoms with Crippen molar-refractivity contribution in [3.8, 4) is 11.5 Å². The molecule has 3 aromatic rings. The molecule has 1 aromatic heterocycles. The third-order valence-corrected chi connectivity index (χ3v) is 6.64. The molecule has 1 aliphatic heterocycles. The van der Waals surface area contributed by atoms with E-state index in [2.05, 4.69) is 48.2 Å². The highest BCUT2D eigenvalue weighted by atomic mass is 32.2. The summed E-state index contributed by atoms with van der Waals surface area (Å²) in [5, 5.41) is 3.26. The van der Waals surface area contributed by atoms with Crippen LogP contribution < -0.4 is 20.3 Å². The van der Waals surface area contributed by atoms with E-state index in [-0.39, 0.29) is 17.9 Å². The molecule has 7 nitrogen and oxygen atoms in total. The minimum atomic E-state index is -0.427. The third-order valence-electron chi connectivity index (χ3n) is 5.72. The van der Waals surface area contributed by atoms with Crippen LogP contribution in [0.2, 0.25) is 0 Å². The van der Waals surface area contributed by atoms with Crippen molar-refractivity contribution in [2.45, 2.75) is 44.0 Å². The second kappa shape index (κ2) is 10.3. The van der Waals surface area contributed by atoms with E-state index in [0.717, 1.165) is 5.56 Å². The van der Waals surface area contributed by atoms with Crippen LogP contribution in [0.15, 0.2) is 52.4 Å².